The van der Waals surface area contributed by atoms with Crippen LogP contribution in [0.4, 0.5) is 14.5 Å². The van der Waals surface area contributed by atoms with Crippen LogP contribution in [0.3, 0.4) is 0 Å². The molecular formula is C10H8F2N2O2. The average molecular weight is 226 g/mol. The molecule has 0 spiro atoms. The summed E-state index contributed by atoms with van der Waals surface area (Å²) >= 11 is 0. The predicted molar refractivity (Wildman–Crippen MR) is 53.6 cm³/mol. The molecule has 0 fully saturated rings. The zero-order valence-electron chi connectivity index (χ0n) is 8.17. The van der Waals surface area contributed by atoms with E-state index in [0.717, 1.165) is 12.1 Å². The van der Waals surface area contributed by atoms with Crippen molar-refractivity contribution < 1.29 is 13.7 Å². The molecule has 0 bridgehead atoms. The van der Waals surface area contributed by atoms with Crippen LogP contribution in [0.2, 0.25) is 0 Å². The van der Waals surface area contributed by atoms with Crippen LogP contribution in [-0.4, -0.2) is 11.5 Å². The first-order chi connectivity index (χ1) is 7.56. The van der Waals surface area contributed by atoms with Gasteiger partial charge in [-0.1, -0.05) is 11.8 Å². The molecule has 0 heterocycles. The van der Waals surface area contributed by atoms with Crippen molar-refractivity contribution in [1.82, 2.24) is 0 Å². The molecular weight excluding hydrogens is 218 g/mol. The Morgan fingerprint density at radius 3 is 2.38 bits per heavy atom. The van der Waals surface area contributed by atoms with E-state index in [9.17, 15) is 18.9 Å². The third-order valence-electron chi connectivity index (χ3n) is 1.70. The molecule has 0 saturated carbocycles. The van der Waals surface area contributed by atoms with Crippen LogP contribution in [0.25, 0.3) is 0 Å². The van der Waals surface area contributed by atoms with Crippen molar-refractivity contribution in [3.63, 3.8) is 0 Å². The van der Waals surface area contributed by atoms with Gasteiger partial charge in [-0.15, -0.1) is 0 Å². The maximum absolute atomic E-state index is 13.1. The summed E-state index contributed by atoms with van der Waals surface area (Å²) in [5, 5.41) is 10.3. The van der Waals surface area contributed by atoms with Gasteiger partial charge in [0.1, 0.15) is 0 Å². The average Bonchev–Trinajstić information content (AvgIpc) is 2.16. The number of halogens is 2. The van der Waals surface area contributed by atoms with Crippen LogP contribution in [0.5, 0.6) is 0 Å². The number of nitrogens with zero attached hydrogens (tertiary/aromatic N) is 1. The standard InChI is InChI=1S/C10H8F2N2O2/c11-8-5-7(3-1-2-4-13)6-9(12)10(8)14(15)16/h5-6H,2,4,13H2. The lowest BCUT2D eigenvalue weighted by atomic mass is 10.2. The van der Waals surface area contributed by atoms with Crippen molar-refractivity contribution in [2.24, 2.45) is 5.73 Å². The van der Waals surface area contributed by atoms with E-state index in [0.29, 0.717) is 13.0 Å². The van der Waals surface area contributed by atoms with Crippen LogP contribution >= 0.6 is 0 Å². The fraction of sp³-hybridized carbons (Fsp3) is 0.200. The zero-order chi connectivity index (χ0) is 12.1. The lowest BCUT2D eigenvalue weighted by molar-refractivity contribution is -0.390. The lowest BCUT2D eigenvalue weighted by Crippen LogP contribution is -1.98. The molecule has 0 aliphatic rings. The molecule has 1 rings (SSSR count). The third-order valence-corrected chi connectivity index (χ3v) is 1.70. The first-order valence-electron chi connectivity index (χ1n) is 4.38. The minimum atomic E-state index is -1.23. The lowest BCUT2D eigenvalue weighted by Gasteiger charge is -1.96. The van der Waals surface area contributed by atoms with Gasteiger partial charge >= 0.3 is 5.69 Å². The number of benzene rings is 1. The van der Waals surface area contributed by atoms with Crippen molar-refractivity contribution in [2.75, 3.05) is 6.54 Å². The van der Waals surface area contributed by atoms with Crippen LogP contribution in [0.1, 0.15) is 12.0 Å². The van der Waals surface area contributed by atoms with E-state index in [1.807, 2.05) is 0 Å². The molecule has 0 aliphatic heterocycles. The highest BCUT2D eigenvalue weighted by Crippen LogP contribution is 2.22. The molecule has 0 aromatic heterocycles. The van der Waals surface area contributed by atoms with Gasteiger partial charge in [0.25, 0.3) is 0 Å². The van der Waals surface area contributed by atoms with E-state index in [2.05, 4.69) is 11.8 Å². The maximum Gasteiger partial charge on any atom is 0.340 e. The largest absolute Gasteiger partial charge is 0.340 e. The van der Waals surface area contributed by atoms with Crippen LogP contribution in [-0.2, 0) is 0 Å². The van der Waals surface area contributed by atoms with Crippen LogP contribution in [0.15, 0.2) is 12.1 Å². The second kappa shape index (κ2) is 5.19. The van der Waals surface area contributed by atoms with Gasteiger partial charge in [-0.25, -0.2) is 0 Å². The number of hydrogen-bond donors (Lipinski definition) is 1. The highest BCUT2D eigenvalue weighted by molar-refractivity contribution is 5.43. The number of rotatable bonds is 2. The normalized spacial score (nSPS) is 9.44. The van der Waals surface area contributed by atoms with Crippen molar-refractivity contribution >= 4 is 5.69 Å². The fourth-order valence-corrected chi connectivity index (χ4v) is 1.05. The molecule has 0 unspecified atom stereocenters. The summed E-state index contributed by atoms with van der Waals surface area (Å²) in [6.07, 6.45) is 0.389. The van der Waals surface area contributed by atoms with Crippen molar-refractivity contribution in [3.8, 4) is 11.8 Å². The SMILES string of the molecule is NCCC#Cc1cc(F)c([N+](=O)[O-])c(F)c1. The molecule has 1 aromatic carbocycles. The molecule has 0 amide bonds. The Balaban J connectivity index is 3.11. The Bertz CT molecular complexity index is 454. The molecule has 0 saturated heterocycles. The summed E-state index contributed by atoms with van der Waals surface area (Å²) in [5.74, 6) is 2.57. The molecule has 1 aromatic rings. The molecule has 84 valence electrons. The van der Waals surface area contributed by atoms with E-state index in [1.54, 1.807) is 0 Å². The van der Waals surface area contributed by atoms with Gasteiger partial charge in [-0.3, -0.25) is 10.1 Å². The van der Waals surface area contributed by atoms with E-state index in [1.165, 1.54) is 0 Å². The van der Waals surface area contributed by atoms with Gasteiger partial charge in [-0.05, 0) is 12.1 Å². The van der Waals surface area contributed by atoms with Crippen LogP contribution in [0, 0.1) is 33.6 Å². The minimum absolute atomic E-state index is 0.0500. The molecule has 0 radical (unpaired) electrons. The molecule has 6 heteroatoms. The Hall–Kier alpha value is -2.00. The maximum atomic E-state index is 13.1. The van der Waals surface area contributed by atoms with Gasteiger partial charge in [-0.2, -0.15) is 8.78 Å². The van der Waals surface area contributed by atoms with E-state index < -0.39 is 22.2 Å². The van der Waals surface area contributed by atoms with Gasteiger partial charge in [0.05, 0.1) is 4.92 Å². The summed E-state index contributed by atoms with van der Waals surface area (Å²) in [6.45, 7) is 0.338. The monoisotopic (exact) mass is 226 g/mol. The first kappa shape index (κ1) is 12.1. The van der Waals surface area contributed by atoms with Crippen molar-refractivity contribution in [1.29, 1.82) is 0 Å². The predicted octanol–water partition coefficient (Wildman–Crippen LogP) is 1.57. The van der Waals surface area contributed by atoms with Gasteiger partial charge < -0.3 is 5.73 Å². The Morgan fingerprint density at radius 2 is 1.94 bits per heavy atom. The molecule has 2 N–H and O–H groups in total. The summed E-state index contributed by atoms with van der Waals surface area (Å²) in [6, 6.07) is 1.65. The number of hydrogen-bond acceptors (Lipinski definition) is 3. The fourth-order valence-electron chi connectivity index (χ4n) is 1.05. The van der Waals surface area contributed by atoms with Crippen LogP contribution < -0.4 is 5.73 Å². The van der Waals surface area contributed by atoms with Crippen molar-refractivity contribution in [3.05, 3.63) is 39.4 Å². The third kappa shape index (κ3) is 2.74. The summed E-state index contributed by atoms with van der Waals surface area (Å²) in [5.41, 5.74) is 4.06. The molecule has 16 heavy (non-hydrogen) atoms. The topological polar surface area (TPSA) is 69.2 Å². The smallest absolute Gasteiger partial charge is 0.330 e. The Kier molecular flexibility index (Phi) is 3.91. The zero-order valence-corrected chi connectivity index (χ0v) is 8.17. The Labute approximate surface area is 90.2 Å². The summed E-state index contributed by atoms with van der Waals surface area (Å²) in [4.78, 5) is 9.18. The molecule has 0 atom stereocenters. The molecule has 0 aliphatic carbocycles. The van der Waals surface area contributed by atoms with Gasteiger partial charge in [0.2, 0.25) is 11.6 Å². The molecule has 4 nitrogen and oxygen atoms in total. The first-order valence-corrected chi connectivity index (χ1v) is 4.38. The minimum Gasteiger partial charge on any atom is -0.330 e. The van der Waals surface area contributed by atoms with Gasteiger partial charge in [0.15, 0.2) is 0 Å². The van der Waals surface area contributed by atoms with Gasteiger partial charge in [0, 0.05) is 18.5 Å². The Morgan fingerprint density at radius 1 is 1.38 bits per heavy atom. The van der Waals surface area contributed by atoms with Crippen molar-refractivity contribution in [2.45, 2.75) is 6.42 Å². The highest BCUT2D eigenvalue weighted by Gasteiger charge is 2.21. The second-order valence-electron chi connectivity index (χ2n) is 2.89. The quantitative estimate of drug-likeness (QED) is 0.472. The second-order valence-corrected chi connectivity index (χ2v) is 2.89. The number of nitro benzene ring substituents is 1. The number of nitro groups is 1. The summed E-state index contributed by atoms with van der Waals surface area (Å²) in [7, 11) is 0. The number of nitrogens with two attached hydrogens (primary N) is 1. The van der Waals surface area contributed by atoms with E-state index >= 15 is 0 Å². The highest BCUT2D eigenvalue weighted by atomic mass is 19.1. The summed E-state index contributed by atoms with van der Waals surface area (Å²) < 4.78 is 26.2. The van der Waals surface area contributed by atoms with E-state index in [-0.39, 0.29) is 5.56 Å². The van der Waals surface area contributed by atoms with E-state index in [4.69, 9.17) is 5.73 Å².